The molecule has 1 fully saturated rings. The summed E-state index contributed by atoms with van der Waals surface area (Å²) in [6, 6.07) is 9.46. The maximum absolute atomic E-state index is 12.8. The summed E-state index contributed by atoms with van der Waals surface area (Å²) in [5.74, 6) is -0.373. The van der Waals surface area contributed by atoms with Gasteiger partial charge >= 0.3 is 0 Å². The summed E-state index contributed by atoms with van der Waals surface area (Å²) >= 11 is 0. The molecule has 7 nitrogen and oxygen atoms in total. The number of nitrogens with zero attached hydrogens (tertiary/aromatic N) is 3. The van der Waals surface area contributed by atoms with Crippen molar-refractivity contribution in [2.45, 2.75) is 12.8 Å². The molecule has 120 valence electrons. The fourth-order valence-electron chi connectivity index (χ4n) is 2.91. The van der Waals surface area contributed by atoms with Crippen molar-refractivity contribution in [2.75, 3.05) is 20.1 Å². The minimum atomic E-state index is -0.189. The molecule has 1 unspecified atom stereocenters. The fraction of sp³-hybridized carbons (Fsp3) is 0.375. The van der Waals surface area contributed by atoms with E-state index in [0.717, 1.165) is 18.4 Å². The van der Waals surface area contributed by atoms with Crippen LogP contribution in [0.3, 0.4) is 0 Å². The Kier molecular flexibility index (Phi) is 4.36. The molecular weight excluding hydrogens is 294 g/mol. The van der Waals surface area contributed by atoms with E-state index in [1.165, 1.54) is 0 Å². The molecule has 2 N–H and O–H groups in total. The van der Waals surface area contributed by atoms with Crippen LogP contribution in [0.25, 0.3) is 11.3 Å². The lowest BCUT2D eigenvalue weighted by molar-refractivity contribution is -0.125. The number of rotatable bonds is 3. The first kappa shape index (κ1) is 15.2. The van der Waals surface area contributed by atoms with Crippen molar-refractivity contribution in [1.82, 2.24) is 25.6 Å². The van der Waals surface area contributed by atoms with Gasteiger partial charge in [-0.05, 0) is 12.8 Å². The molecule has 1 aromatic heterocycles. The lowest BCUT2D eigenvalue weighted by Crippen LogP contribution is -2.45. The number of likely N-dealkylation sites (tertiary alicyclic amines) is 1. The summed E-state index contributed by atoms with van der Waals surface area (Å²) in [5.41, 5.74) is 1.68. The van der Waals surface area contributed by atoms with Crippen LogP contribution in [0.5, 0.6) is 0 Å². The van der Waals surface area contributed by atoms with Crippen LogP contribution in [0.2, 0.25) is 0 Å². The molecular formula is C16H19N5O2. The molecule has 1 aliphatic rings. The molecule has 0 radical (unpaired) electrons. The summed E-state index contributed by atoms with van der Waals surface area (Å²) in [4.78, 5) is 26.3. The van der Waals surface area contributed by atoms with Gasteiger partial charge < -0.3 is 10.2 Å². The van der Waals surface area contributed by atoms with Gasteiger partial charge in [0, 0.05) is 25.7 Å². The SMILES string of the molecule is CNC(=O)C1CCCN(C(=O)c2n[nH]nc2-c2ccccc2)C1. The standard InChI is InChI=1S/C16H19N5O2/c1-17-15(22)12-8-5-9-21(10-12)16(23)14-13(18-20-19-14)11-6-3-2-4-7-11/h2-4,6-7,12H,5,8-10H2,1H3,(H,17,22)(H,18,19,20). The van der Waals surface area contributed by atoms with Crippen molar-refractivity contribution in [3.63, 3.8) is 0 Å². The molecule has 0 saturated carbocycles. The Bertz CT molecular complexity index is 698. The number of nitrogens with one attached hydrogen (secondary N) is 2. The van der Waals surface area contributed by atoms with E-state index in [-0.39, 0.29) is 17.7 Å². The summed E-state index contributed by atoms with van der Waals surface area (Å²) < 4.78 is 0. The zero-order valence-electron chi connectivity index (χ0n) is 13.0. The first-order valence-electron chi connectivity index (χ1n) is 7.67. The molecule has 2 amide bonds. The van der Waals surface area contributed by atoms with E-state index in [0.29, 0.717) is 24.5 Å². The summed E-state index contributed by atoms with van der Waals surface area (Å²) in [7, 11) is 1.62. The molecule has 2 aromatic rings. The number of amides is 2. The number of aromatic amines is 1. The molecule has 0 aliphatic carbocycles. The number of hydrogen-bond acceptors (Lipinski definition) is 4. The lowest BCUT2D eigenvalue weighted by Gasteiger charge is -2.31. The largest absolute Gasteiger partial charge is 0.359 e. The maximum atomic E-state index is 12.8. The minimum Gasteiger partial charge on any atom is -0.359 e. The second-order valence-corrected chi connectivity index (χ2v) is 5.59. The van der Waals surface area contributed by atoms with Gasteiger partial charge in [0.1, 0.15) is 5.69 Å². The highest BCUT2D eigenvalue weighted by Gasteiger charge is 2.30. The lowest BCUT2D eigenvalue weighted by atomic mass is 9.96. The van der Waals surface area contributed by atoms with Crippen LogP contribution in [0.4, 0.5) is 0 Å². The molecule has 2 heterocycles. The Labute approximate surface area is 134 Å². The maximum Gasteiger partial charge on any atom is 0.276 e. The van der Waals surface area contributed by atoms with Crippen molar-refractivity contribution in [3.05, 3.63) is 36.0 Å². The first-order valence-corrected chi connectivity index (χ1v) is 7.67. The topological polar surface area (TPSA) is 91.0 Å². The Hall–Kier alpha value is -2.70. The number of H-pyrrole nitrogens is 1. The van der Waals surface area contributed by atoms with Gasteiger partial charge in [0.2, 0.25) is 5.91 Å². The van der Waals surface area contributed by atoms with Crippen molar-refractivity contribution in [2.24, 2.45) is 5.92 Å². The van der Waals surface area contributed by atoms with E-state index < -0.39 is 0 Å². The van der Waals surface area contributed by atoms with Crippen LogP contribution < -0.4 is 5.32 Å². The van der Waals surface area contributed by atoms with Gasteiger partial charge in [0.15, 0.2) is 5.69 Å². The number of benzene rings is 1. The molecule has 1 saturated heterocycles. The number of carbonyl (C=O) groups is 2. The number of hydrogen-bond donors (Lipinski definition) is 2. The molecule has 3 rings (SSSR count). The normalized spacial score (nSPS) is 17.8. The van der Waals surface area contributed by atoms with Crippen LogP contribution in [0.15, 0.2) is 30.3 Å². The van der Waals surface area contributed by atoms with Crippen molar-refractivity contribution >= 4 is 11.8 Å². The zero-order chi connectivity index (χ0) is 16.2. The summed E-state index contributed by atoms with van der Waals surface area (Å²) in [5, 5.41) is 13.3. The highest BCUT2D eigenvalue weighted by molar-refractivity contribution is 5.98. The van der Waals surface area contributed by atoms with Gasteiger partial charge in [-0.1, -0.05) is 30.3 Å². The molecule has 23 heavy (non-hydrogen) atoms. The van der Waals surface area contributed by atoms with E-state index in [1.807, 2.05) is 30.3 Å². The highest BCUT2D eigenvalue weighted by Crippen LogP contribution is 2.23. The highest BCUT2D eigenvalue weighted by atomic mass is 16.2. The Morgan fingerprint density at radius 3 is 2.78 bits per heavy atom. The predicted octanol–water partition coefficient (Wildman–Crippen LogP) is 1.07. The third-order valence-corrected chi connectivity index (χ3v) is 4.12. The van der Waals surface area contributed by atoms with Crippen LogP contribution in [0, 0.1) is 5.92 Å². The quantitative estimate of drug-likeness (QED) is 0.887. The molecule has 0 bridgehead atoms. The number of aromatic nitrogens is 3. The van der Waals surface area contributed by atoms with E-state index >= 15 is 0 Å². The molecule has 7 heteroatoms. The molecule has 0 spiro atoms. The van der Waals surface area contributed by atoms with Crippen molar-refractivity contribution in [3.8, 4) is 11.3 Å². The van der Waals surface area contributed by atoms with Crippen LogP contribution in [0.1, 0.15) is 23.3 Å². The van der Waals surface area contributed by atoms with Crippen molar-refractivity contribution in [1.29, 1.82) is 0 Å². The third kappa shape index (κ3) is 3.08. The average Bonchev–Trinajstić information content (AvgIpc) is 3.11. The predicted molar refractivity (Wildman–Crippen MR) is 84.5 cm³/mol. The number of carbonyl (C=O) groups excluding carboxylic acids is 2. The van der Waals surface area contributed by atoms with Gasteiger partial charge in [0.25, 0.3) is 5.91 Å². The second kappa shape index (κ2) is 6.60. The van der Waals surface area contributed by atoms with Gasteiger partial charge in [-0.2, -0.15) is 15.4 Å². The molecule has 1 atom stereocenters. The smallest absolute Gasteiger partial charge is 0.276 e. The second-order valence-electron chi connectivity index (χ2n) is 5.59. The van der Waals surface area contributed by atoms with E-state index in [9.17, 15) is 9.59 Å². The minimum absolute atomic E-state index is 0.0223. The van der Waals surface area contributed by atoms with E-state index in [1.54, 1.807) is 11.9 Å². The average molecular weight is 313 g/mol. The van der Waals surface area contributed by atoms with Crippen LogP contribution >= 0.6 is 0 Å². The summed E-state index contributed by atoms with van der Waals surface area (Å²) in [6.07, 6.45) is 1.61. The Morgan fingerprint density at radius 2 is 2.04 bits per heavy atom. The van der Waals surface area contributed by atoms with E-state index in [4.69, 9.17) is 0 Å². The van der Waals surface area contributed by atoms with Gasteiger partial charge in [-0.3, -0.25) is 9.59 Å². The van der Waals surface area contributed by atoms with Gasteiger partial charge in [0.05, 0.1) is 5.92 Å². The first-order chi connectivity index (χ1) is 11.2. The third-order valence-electron chi connectivity index (χ3n) is 4.12. The Balaban J connectivity index is 1.81. The Morgan fingerprint density at radius 1 is 1.26 bits per heavy atom. The summed E-state index contributed by atoms with van der Waals surface area (Å²) in [6.45, 7) is 1.05. The van der Waals surface area contributed by atoms with Crippen molar-refractivity contribution < 1.29 is 9.59 Å². The number of piperidine rings is 1. The monoisotopic (exact) mass is 313 g/mol. The van der Waals surface area contributed by atoms with Crippen LogP contribution in [-0.2, 0) is 4.79 Å². The van der Waals surface area contributed by atoms with Gasteiger partial charge in [-0.15, -0.1) is 0 Å². The van der Waals surface area contributed by atoms with Crippen LogP contribution in [-0.4, -0.2) is 52.3 Å². The molecule has 1 aromatic carbocycles. The van der Waals surface area contributed by atoms with Gasteiger partial charge in [-0.25, -0.2) is 0 Å². The fourth-order valence-corrected chi connectivity index (χ4v) is 2.91. The molecule has 1 aliphatic heterocycles. The zero-order valence-corrected chi connectivity index (χ0v) is 13.0. The van der Waals surface area contributed by atoms with E-state index in [2.05, 4.69) is 20.7 Å².